The van der Waals surface area contributed by atoms with E-state index >= 15 is 0 Å². The first-order valence-corrected chi connectivity index (χ1v) is 9.84. The molecule has 2 heterocycles. The van der Waals surface area contributed by atoms with Crippen LogP contribution < -0.4 is 0 Å². The molecule has 4 nitrogen and oxygen atoms in total. The Kier molecular flexibility index (Phi) is 4.65. The molecule has 0 bridgehead atoms. The Morgan fingerprint density at radius 2 is 1.81 bits per heavy atom. The number of benzene rings is 2. The van der Waals surface area contributed by atoms with Crippen LogP contribution in [0.5, 0.6) is 0 Å². The van der Waals surface area contributed by atoms with Crippen molar-refractivity contribution in [3.05, 3.63) is 64.3 Å². The number of rotatable bonds is 3. The van der Waals surface area contributed by atoms with Crippen molar-refractivity contribution in [2.24, 2.45) is 0 Å². The third-order valence-electron chi connectivity index (χ3n) is 5.35. The molecule has 0 N–H and O–H groups in total. The summed E-state index contributed by atoms with van der Waals surface area (Å²) in [5.41, 5.74) is 1.23. The largest absolute Gasteiger partial charge is 0.334 e. The van der Waals surface area contributed by atoms with Gasteiger partial charge in [-0.1, -0.05) is 35.3 Å². The molecule has 1 fully saturated rings. The Morgan fingerprint density at radius 1 is 1.11 bits per heavy atom. The summed E-state index contributed by atoms with van der Waals surface area (Å²) in [5, 5.41) is 6.80. The van der Waals surface area contributed by atoms with Gasteiger partial charge in [-0.25, -0.2) is 4.68 Å². The molecule has 0 radical (unpaired) electrons. The highest BCUT2D eigenvalue weighted by Crippen LogP contribution is 2.36. The summed E-state index contributed by atoms with van der Waals surface area (Å²) < 4.78 is 1.80. The van der Waals surface area contributed by atoms with Gasteiger partial charge in [0.15, 0.2) is 0 Å². The standard InChI is InChI=1S/C21H21Cl2N3O/c1-21(2,26-19-10-9-17(23)12-15(19)13-24-26)20(27)25-11-3-4-18(25)14-5-7-16(22)8-6-14/h5-10,12-13,18H,3-4,11H2,1-2H3. The molecule has 1 aromatic heterocycles. The average Bonchev–Trinajstić information content (AvgIpc) is 3.28. The molecule has 0 spiro atoms. The summed E-state index contributed by atoms with van der Waals surface area (Å²) in [7, 11) is 0. The third-order valence-corrected chi connectivity index (χ3v) is 5.84. The van der Waals surface area contributed by atoms with Crippen LogP contribution in [-0.4, -0.2) is 27.1 Å². The Morgan fingerprint density at radius 3 is 2.56 bits per heavy atom. The van der Waals surface area contributed by atoms with Gasteiger partial charge < -0.3 is 4.90 Å². The topological polar surface area (TPSA) is 38.1 Å². The lowest BCUT2D eigenvalue weighted by molar-refractivity contribution is -0.140. The molecule has 1 amide bonds. The van der Waals surface area contributed by atoms with Crippen LogP contribution in [0.2, 0.25) is 10.0 Å². The van der Waals surface area contributed by atoms with Crippen LogP contribution in [0.25, 0.3) is 10.9 Å². The van der Waals surface area contributed by atoms with E-state index < -0.39 is 5.54 Å². The number of carbonyl (C=O) groups is 1. The molecule has 0 aliphatic carbocycles. The zero-order chi connectivity index (χ0) is 19.2. The Labute approximate surface area is 168 Å². The molecule has 2 aromatic carbocycles. The van der Waals surface area contributed by atoms with Crippen molar-refractivity contribution in [1.82, 2.24) is 14.7 Å². The maximum atomic E-state index is 13.5. The number of halogens is 2. The second kappa shape index (κ2) is 6.84. The van der Waals surface area contributed by atoms with Crippen molar-refractivity contribution in [1.29, 1.82) is 0 Å². The first kappa shape index (κ1) is 18.3. The number of hydrogen-bond acceptors (Lipinski definition) is 2. The average molecular weight is 402 g/mol. The highest BCUT2D eigenvalue weighted by Gasteiger charge is 2.40. The van der Waals surface area contributed by atoms with Crippen LogP contribution >= 0.6 is 23.2 Å². The van der Waals surface area contributed by atoms with Gasteiger partial charge in [-0.2, -0.15) is 5.10 Å². The molecule has 1 saturated heterocycles. The molecular weight excluding hydrogens is 381 g/mol. The molecule has 1 unspecified atom stereocenters. The minimum atomic E-state index is -0.801. The monoisotopic (exact) mass is 401 g/mol. The molecule has 6 heteroatoms. The van der Waals surface area contributed by atoms with Gasteiger partial charge in [0.25, 0.3) is 5.91 Å². The van der Waals surface area contributed by atoms with Crippen LogP contribution in [0.15, 0.2) is 48.7 Å². The van der Waals surface area contributed by atoms with Gasteiger partial charge in [0, 0.05) is 22.0 Å². The predicted molar refractivity (Wildman–Crippen MR) is 109 cm³/mol. The van der Waals surface area contributed by atoms with Crippen molar-refractivity contribution in [3.8, 4) is 0 Å². The lowest BCUT2D eigenvalue weighted by Gasteiger charge is -2.34. The van der Waals surface area contributed by atoms with Crippen LogP contribution in [-0.2, 0) is 10.3 Å². The number of carbonyl (C=O) groups excluding carboxylic acids is 1. The summed E-state index contributed by atoms with van der Waals surface area (Å²) in [4.78, 5) is 15.5. The summed E-state index contributed by atoms with van der Waals surface area (Å²) in [6.07, 6.45) is 3.71. The number of aromatic nitrogens is 2. The molecule has 4 rings (SSSR count). The van der Waals surface area contributed by atoms with Crippen molar-refractivity contribution in [2.75, 3.05) is 6.54 Å². The van der Waals surface area contributed by atoms with Gasteiger partial charge in [-0.3, -0.25) is 4.79 Å². The third kappa shape index (κ3) is 3.21. The predicted octanol–water partition coefficient (Wildman–Crippen LogP) is 5.44. The second-order valence-electron chi connectivity index (χ2n) is 7.53. The molecule has 1 aliphatic heterocycles. The normalized spacial score (nSPS) is 17.6. The van der Waals surface area contributed by atoms with E-state index in [2.05, 4.69) is 5.10 Å². The maximum Gasteiger partial charge on any atom is 0.250 e. The molecule has 1 atom stereocenters. The molecule has 140 valence electrons. The molecule has 3 aromatic rings. The summed E-state index contributed by atoms with van der Waals surface area (Å²) >= 11 is 12.1. The summed E-state index contributed by atoms with van der Waals surface area (Å²) in [5.74, 6) is 0.0694. The smallest absolute Gasteiger partial charge is 0.250 e. The molecule has 0 saturated carbocycles. The van der Waals surface area contributed by atoms with Crippen molar-refractivity contribution in [3.63, 3.8) is 0 Å². The number of likely N-dealkylation sites (tertiary alicyclic amines) is 1. The van der Waals surface area contributed by atoms with Gasteiger partial charge in [0.1, 0.15) is 5.54 Å². The number of nitrogens with zero attached hydrogens (tertiary/aromatic N) is 3. The van der Waals surface area contributed by atoms with E-state index in [0.29, 0.717) is 10.0 Å². The fourth-order valence-corrected chi connectivity index (χ4v) is 4.24. The van der Waals surface area contributed by atoms with Gasteiger partial charge in [0.2, 0.25) is 0 Å². The molecular formula is C21H21Cl2N3O. The van der Waals surface area contributed by atoms with E-state index in [1.54, 1.807) is 10.9 Å². The van der Waals surface area contributed by atoms with Crippen molar-refractivity contribution >= 4 is 40.0 Å². The minimum absolute atomic E-state index is 0.0694. The zero-order valence-corrected chi connectivity index (χ0v) is 16.8. The van der Waals surface area contributed by atoms with Gasteiger partial charge in [-0.15, -0.1) is 0 Å². The lowest BCUT2D eigenvalue weighted by atomic mass is 10.00. The first-order chi connectivity index (χ1) is 12.9. The van der Waals surface area contributed by atoms with E-state index in [0.717, 1.165) is 35.9 Å². The molecule has 1 aliphatic rings. The summed E-state index contributed by atoms with van der Waals surface area (Å²) in [6, 6.07) is 13.5. The number of hydrogen-bond donors (Lipinski definition) is 0. The maximum absolute atomic E-state index is 13.5. The fourth-order valence-electron chi connectivity index (χ4n) is 3.93. The lowest BCUT2D eigenvalue weighted by Crippen LogP contribution is -2.47. The quantitative estimate of drug-likeness (QED) is 0.585. The van der Waals surface area contributed by atoms with Crippen LogP contribution in [0, 0.1) is 0 Å². The number of fused-ring (bicyclic) bond motifs is 1. The Balaban J connectivity index is 1.68. The Bertz CT molecular complexity index is 994. The van der Waals surface area contributed by atoms with E-state index in [1.807, 2.05) is 61.2 Å². The fraction of sp³-hybridized carbons (Fsp3) is 0.333. The van der Waals surface area contributed by atoms with Crippen molar-refractivity contribution < 1.29 is 4.79 Å². The number of amides is 1. The van der Waals surface area contributed by atoms with Crippen LogP contribution in [0.3, 0.4) is 0 Å². The van der Waals surface area contributed by atoms with Crippen molar-refractivity contribution in [2.45, 2.75) is 38.3 Å². The van der Waals surface area contributed by atoms with Gasteiger partial charge in [-0.05, 0) is 62.6 Å². The Hall–Kier alpha value is -2.04. The summed E-state index contributed by atoms with van der Waals surface area (Å²) in [6.45, 7) is 4.60. The van der Waals surface area contributed by atoms with Crippen LogP contribution in [0.4, 0.5) is 0 Å². The second-order valence-corrected chi connectivity index (χ2v) is 8.40. The highest BCUT2D eigenvalue weighted by molar-refractivity contribution is 6.31. The van der Waals surface area contributed by atoms with Gasteiger partial charge >= 0.3 is 0 Å². The van der Waals surface area contributed by atoms with E-state index in [9.17, 15) is 4.79 Å². The van der Waals surface area contributed by atoms with E-state index in [4.69, 9.17) is 23.2 Å². The van der Waals surface area contributed by atoms with E-state index in [-0.39, 0.29) is 11.9 Å². The van der Waals surface area contributed by atoms with Crippen LogP contribution in [0.1, 0.15) is 38.3 Å². The minimum Gasteiger partial charge on any atom is -0.334 e. The SMILES string of the molecule is CC(C)(C(=O)N1CCCC1c1ccc(Cl)cc1)n1ncc2cc(Cl)ccc21. The zero-order valence-electron chi connectivity index (χ0n) is 15.3. The molecule has 27 heavy (non-hydrogen) atoms. The first-order valence-electron chi connectivity index (χ1n) is 9.08. The highest BCUT2D eigenvalue weighted by atomic mass is 35.5. The van der Waals surface area contributed by atoms with Gasteiger partial charge in [0.05, 0.1) is 17.8 Å². The van der Waals surface area contributed by atoms with E-state index in [1.165, 1.54) is 0 Å².